The van der Waals surface area contributed by atoms with Gasteiger partial charge >= 0.3 is 0 Å². The topological polar surface area (TPSA) is 82.5 Å². The molecule has 2 aromatic carbocycles. The third-order valence-electron chi connectivity index (χ3n) is 2.95. The highest BCUT2D eigenvalue weighted by Gasteiger charge is 2.05. The number of hydrogen-bond donors (Lipinski definition) is 3. The molecule has 0 fully saturated rings. The van der Waals surface area contributed by atoms with Crippen LogP contribution in [0.15, 0.2) is 48.5 Å². The number of amides is 1. The number of para-hydroxylation sites is 1. The minimum Gasteiger partial charge on any atom is -0.508 e. The molecule has 110 valence electrons. The third kappa shape index (κ3) is 3.07. The zero-order chi connectivity index (χ0) is 15.5. The van der Waals surface area contributed by atoms with Crippen molar-refractivity contribution in [2.45, 2.75) is 0 Å². The molecule has 0 aliphatic rings. The predicted octanol–water partition coefficient (Wildman–Crippen LogP) is 3.36. The van der Waals surface area contributed by atoms with E-state index in [1.165, 1.54) is 41.7 Å². The zero-order valence-corrected chi connectivity index (χ0v) is 12.2. The largest absolute Gasteiger partial charge is 0.508 e. The van der Waals surface area contributed by atoms with Gasteiger partial charge in [-0.25, -0.2) is 4.98 Å². The van der Waals surface area contributed by atoms with E-state index in [0.717, 1.165) is 10.2 Å². The molecule has 3 aromatic rings. The number of benzene rings is 2. The van der Waals surface area contributed by atoms with Gasteiger partial charge in [0.1, 0.15) is 11.5 Å². The van der Waals surface area contributed by atoms with Crippen molar-refractivity contribution >= 4 is 38.7 Å². The molecular formula is C16H12N2O3S. The molecule has 22 heavy (non-hydrogen) atoms. The lowest BCUT2D eigenvalue weighted by Gasteiger charge is -2.00. The van der Waals surface area contributed by atoms with Crippen LogP contribution in [0.1, 0.15) is 5.56 Å². The first-order chi connectivity index (χ1) is 10.6. The summed E-state index contributed by atoms with van der Waals surface area (Å²) in [6, 6.07) is 11.7. The number of carbonyl (C=O) groups is 1. The molecule has 1 heterocycles. The summed E-state index contributed by atoms with van der Waals surface area (Å²) in [6.07, 6.45) is 2.71. The number of hydrogen-bond acceptors (Lipinski definition) is 5. The Morgan fingerprint density at radius 3 is 2.82 bits per heavy atom. The Hall–Kier alpha value is -2.86. The zero-order valence-electron chi connectivity index (χ0n) is 11.4. The number of aromatic hydroxyl groups is 2. The Bertz CT molecular complexity index is 838. The second-order valence-corrected chi connectivity index (χ2v) is 5.58. The number of nitrogens with zero attached hydrogens (tertiary/aromatic N) is 1. The molecule has 3 rings (SSSR count). The van der Waals surface area contributed by atoms with Crippen LogP contribution < -0.4 is 5.32 Å². The monoisotopic (exact) mass is 312 g/mol. The molecule has 0 bridgehead atoms. The molecule has 1 amide bonds. The van der Waals surface area contributed by atoms with Gasteiger partial charge in [0.15, 0.2) is 5.13 Å². The minimum atomic E-state index is -0.359. The van der Waals surface area contributed by atoms with Crippen molar-refractivity contribution in [1.29, 1.82) is 0 Å². The molecular weight excluding hydrogens is 300 g/mol. The van der Waals surface area contributed by atoms with Crippen LogP contribution in [0, 0.1) is 0 Å². The lowest BCUT2D eigenvalue weighted by atomic mass is 10.2. The van der Waals surface area contributed by atoms with Gasteiger partial charge in [0.25, 0.3) is 0 Å². The number of phenolic OH excluding ortho intramolecular Hbond substituents is 2. The van der Waals surface area contributed by atoms with Crippen LogP contribution in [-0.4, -0.2) is 21.1 Å². The smallest absolute Gasteiger partial charge is 0.250 e. The second-order valence-electron chi connectivity index (χ2n) is 4.55. The lowest BCUT2D eigenvalue weighted by molar-refractivity contribution is -0.111. The van der Waals surface area contributed by atoms with Gasteiger partial charge in [-0.1, -0.05) is 23.5 Å². The molecule has 0 spiro atoms. The fourth-order valence-electron chi connectivity index (χ4n) is 1.91. The Morgan fingerprint density at radius 2 is 2.00 bits per heavy atom. The number of fused-ring (bicyclic) bond motifs is 1. The van der Waals surface area contributed by atoms with E-state index in [9.17, 15) is 15.0 Å². The highest BCUT2D eigenvalue weighted by Crippen LogP contribution is 2.26. The maximum absolute atomic E-state index is 11.9. The van der Waals surface area contributed by atoms with Crippen LogP contribution >= 0.6 is 11.3 Å². The average molecular weight is 312 g/mol. The molecule has 5 nitrogen and oxygen atoms in total. The van der Waals surface area contributed by atoms with Gasteiger partial charge in [-0.15, -0.1) is 0 Å². The van der Waals surface area contributed by atoms with E-state index >= 15 is 0 Å². The SMILES string of the molecule is O=C(/C=C/c1cc(O)ccc1O)Nc1nc2ccccc2s1. The maximum Gasteiger partial charge on any atom is 0.250 e. The number of nitrogens with one attached hydrogen (secondary N) is 1. The summed E-state index contributed by atoms with van der Waals surface area (Å²) in [4.78, 5) is 16.2. The summed E-state index contributed by atoms with van der Waals surface area (Å²) < 4.78 is 0.993. The van der Waals surface area contributed by atoms with Crippen LogP contribution in [0.3, 0.4) is 0 Å². The van der Waals surface area contributed by atoms with Crippen LogP contribution in [0.25, 0.3) is 16.3 Å². The van der Waals surface area contributed by atoms with Gasteiger partial charge in [-0.2, -0.15) is 0 Å². The molecule has 0 aliphatic carbocycles. The van der Waals surface area contributed by atoms with Crippen molar-refractivity contribution in [3.05, 3.63) is 54.1 Å². The predicted molar refractivity (Wildman–Crippen MR) is 87.1 cm³/mol. The number of aromatic nitrogens is 1. The van der Waals surface area contributed by atoms with Gasteiger partial charge in [-0.3, -0.25) is 10.1 Å². The molecule has 1 aromatic heterocycles. The molecule has 0 saturated heterocycles. The van der Waals surface area contributed by atoms with E-state index in [1.54, 1.807) is 0 Å². The molecule has 6 heteroatoms. The first kappa shape index (κ1) is 14.1. The fourth-order valence-corrected chi connectivity index (χ4v) is 2.78. The summed E-state index contributed by atoms with van der Waals surface area (Å²) in [5.74, 6) is -0.354. The first-order valence-corrected chi connectivity index (χ1v) is 7.30. The quantitative estimate of drug-likeness (QED) is 0.511. The van der Waals surface area contributed by atoms with E-state index in [2.05, 4.69) is 10.3 Å². The van der Waals surface area contributed by atoms with Crippen LogP contribution in [0.2, 0.25) is 0 Å². The molecule has 0 aliphatic heterocycles. The fraction of sp³-hybridized carbons (Fsp3) is 0. The maximum atomic E-state index is 11.9. The van der Waals surface area contributed by atoms with Crippen molar-refractivity contribution < 1.29 is 15.0 Å². The summed E-state index contributed by atoms with van der Waals surface area (Å²) in [7, 11) is 0. The van der Waals surface area contributed by atoms with E-state index in [0.29, 0.717) is 10.7 Å². The van der Waals surface area contributed by atoms with Crippen molar-refractivity contribution in [1.82, 2.24) is 4.98 Å². The minimum absolute atomic E-state index is 0.0122. The van der Waals surface area contributed by atoms with Crippen LogP contribution in [-0.2, 0) is 4.79 Å². The number of carbonyl (C=O) groups excluding carboxylic acids is 1. The second kappa shape index (κ2) is 5.87. The first-order valence-electron chi connectivity index (χ1n) is 6.48. The Morgan fingerprint density at radius 1 is 1.18 bits per heavy atom. The highest BCUT2D eigenvalue weighted by atomic mass is 32.1. The van der Waals surface area contributed by atoms with E-state index in [-0.39, 0.29) is 17.4 Å². The summed E-state index contributed by atoms with van der Waals surface area (Å²) in [6.45, 7) is 0. The summed E-state index contributed by atoms with van der Waals surface area (Å²) in [5.41, 5.74) is 1.19. The molecule has 0 saturated carbocycles. The molecule has 0 unspecified atom stereocenters. The molecule has 3 N–H and O–H groups in total. The van der Waals surface area contributed by atoms with E-state index in [4.69, 9.17) is 0 Å². The standard InChI is InChI=1S/C16H12N2O3S/c19-11-6-7-13(20)10(9-11)5-8-15(21)18-16-17-12-3-1-2-4-14(12)22-16/h1-9,19-20H,(H,17,18,21)/b8-5+. The van der Waals surface area contributed by atoms with Crippen molar-refractivity contribution in [2.75, 3.05) is 5.32 Å². The Balaban J connectivity index is 1.74. The van der Waals surface area contributed by atoms with Crippen LogP contribution in [0.5, 0.6) is 11.5 Å². The van der Waals surface area contributed by atoms with Crippen molar-refractivity contribution in [3.63, 3.8) is 0 Å². The lowest BCUT2D eigenvalue weighted by Crippen LogP contribution is -2.07. The van der Waals surface area contributed by atoms with Crippen molar-refractivity contribution in [2.24, 2.45) is 0 Å². The van der Waals surface area contributed by atoms with Gasteiger partial charge in [0.2, 0.25) is 5.91 Å². The normalized spacial score (nSPS) is 11.1. The molecule has 0 radical (unpaired) electrons. The molecule has 0 atom stereocenters. The number of anilines is 1. The van der Waals surface area contributed by atoms with Gasteiger partial charge in [-0.05, 0) is 36.4 Å². The Kier molecular flexibility index (Phi) is 3.76. The van der Waals surface area contributed by atoms with Crippen molar-refractivity contribution in [3.8, 4) is 11.5 Å². The number of thiazole rings is 1. The van der Waals surface area contributed by atoms with Gasteiger partial charge < -0.3 is 10.2 Å². The Labute approximate surface area is 130 Å². The van der Waals surface area contributed by atoms with Crippen LogP contribution in [0.4, 0.5) is 5.13 Å². The van der Waals surface area contributed by atoms with E-state index < -0.39 is 0 Å². The van der Waals surface area contributed by atoms with Gasteiger partial charge in [0, 0.05) is 11.6 Å². The van der Waals surface area contributed by atoms with Gasteiger partial charge in [0.05, 0.1) is 10.2 Å². The van der Waals surface area contributed by atoms with E-state index in [1.807, 2.05) is 24.3 Å². The average Bonchev–Trinajstić information content (AvgIpc) is 2.90. The number of rotatable bonds is 3. The summed E-state index contributed by atoms with van der Waals surface area (Å²) in [5, 5.41) is 22.2. The summed E-state index contributed by atoms with van der Waals surface area (Å²) >= 11 is 1.39. The highest BCUT2D eigenvalue weighted by molar-refractivity contribution is 7.22. The number of phenols is 2. The third-order valence-corrected chi connectivity index (χ3v) is 3.90.